The minimum Gasteiger partial charge on any atom is -0.477 e. The summed E-state index contributed by atoms with van der Waals surface area (Å²) < 4.78 is 15.7. The molecule has 0 saturated heterocycles. The third kappa shape index (κ3) is 1.73. The fourth-order valence-corrected chi connectivity index (χ4v) is 2.66. The first-order chi connectivity index (χ1) is 9.41. The van der Waals surface area contributed by atoms with E-state index in [9.17, 15) is 19.1 Å². The largest absolute Gasteiger partial charge is 0.477 e. The molecule has 2 aromatic rings. The van der Waals surface area contributed by atoms with E-state index in [0.29, 0.717) is 11.1 Å². The Hall–Kier alpha value is -2.17. The van der Waals surface area contributed by atoms with Gasteiger partial charge >= 0.3 is 5.97 Å². The van der Waals surface area contributed by atoms with Gasteiger partial charge in [-0.25, -0.2) is 9.18 Å². The lowest BCUT2D eigenvalue weighted by Gasteiger charge is -2.15. The molecule has 0 bridgehead atoms. The first-order valence-corrected chi connectivity index (χ1v) is 6.49. The number of halogens is 1. The van der Waals surface area contributed by atoms with Gasteiger partial charge in [0.15, 0.2) is 0 Å². The van der Waals surface area contributed by atoms with Gasteiger partial charge in [0.25, 0.3) is 0 Å². The van der Waals surface area contributed by atoms with Gasteiger partial charge in [0, 0.05) is 12.2 Å². The van der Waals surface area contributed by atoms with Crippen molar-refractivity contribution >= 4 is 16.9 Å². The molecule has 1 saturated carbocycles. The maximum absolute atomic E-state index is 13.9. The SMILES string of the molecule is Cc1c(F)cc(C)c2c1c(=O)c(C(=O)O)cn2C1CC1. The third-order valence-electron chi connectivity index (χ3n) is 3.86. The van der Waals surface area contributed by atoms with Gasteiger partial charge in [-0.05, 0) is 43.9 Å². The number of rotatable bonds is 2. The number of aromatic nitrogens is 1. The van der Waals surface area contributed by atoms with Gasteiger partial charge in [0.2, 0.25) is 5.43 Å². The number of fused-ring (bicyclic) bond motifs is 1. The van der Waals surface area contributed by atoms with Crippen molar-refractivity contribution in [3.05, 3.63) is 45.0 Å². The summed E-state index contributed by atoms with van der Waals surface area (Å²) in [5.74, 6) is -1.75. The molecule has 1 aliphatic carbocycles. The second-order valence-corrected chi connectivity index (χ2v) is 5.34. The first-order valence-electron chi connectivity index (χ1n) is 6.49. The molecule has 1 aromatic carbocycles. The summed E-state index contributed by atoms with van der Waals surface area (Å²) in [5, 5.41) is 9.36. The molecule has 0 spiro atoms. The molecule has 1 aliphatic rings. The number of benzene rings is 1. The first kappa shape index (κ1) is 12.8. The van der Waals surface area contributed by atoms with Gasteiger partial charge in [0.05, 0.1) is 10.9 Å². The molecule has 1 aromatic heterocycles. The minimum absolute atomic E-state index is 0.189. The fraction of sp³-hybridized carbons (Fsp3) is 0.333. The van der Waals surface area contributed by atoms with Gasteiger partial charge in [-0.3, -0.25) is 4.79 Å². The van der Waals surface area contributed by atoms with E-state index in [1.54, 1.807) is 6.92 Å². The van der Waals surface area contributed by atoms with Crippen LogP contribution in [-0.4, -0.2) is 15.6 Å². The van der Waals surface area contributed by atoms with Crippen LogP contribution >= 0.6 is 0 Å². The molecule has 0 atom stereocenters. The summed E-state index contributed by atoms with van der Waals surface area (Å²) in [6.07, 6.45) is 3.30. The van der Waals surface area contributed by atoms with Gasteiger partial charge in [-0.15, -0.1) is 0 Å². The Morgan fingerprint density at radius 3 is 2.60 bits per heavy atom. The maximum atomic E-state index is 13.9. The van der Waals surface area contributed by atoms with E-state index in [4.69, 9.17) is 0 Å². The quantitative estimate of drug-likeness (QED) is 0.916. The zero-order valence-corrected chi connectivity index (χ0v) is 11.2. The van der Waals surface area contributed by atoms with Gasteiger partial charge in [-0.2, -0.15) is 0 Å². The van der Waals surface area contributed by atoms with Crippen LogP contribution in [0.5, 0.6) is 0 Å². The lowest BCUT2D eigenvalue weighted by atomic mass is 10.0. The normalized spacial score (nSPS) is 14.8. The molecule has 0 amide bonds. The van der Waals surface area contributed by atoms with Crippen molar-refractivity contribution in [2.24, 2.45) is 0 Å². The predicted octanol–water partition coefficient (Wildman–Crippen LogP) is 2.79. The second-order valence-electron chi connectivity index (χ2n) is 5.34. The molecular weight excluding hydrogens is 261 g/mol. The highest BCUT2D eigenvalue weighted by Gasteiger charge is 2.28. The van der Waals surface area contributed by atoms with E-state index in [-0.39, 0.29) is 22.6 Å². The molecule has 4 nitrogen and oxygen atoms in total. The van der Waals surface area contributed by atoms with Crippen LogP contribution in [0.15, 0.2) is 17.1 Å². The van der Waals surface area contributed by atoms with Gasteiger partial charge in [0.1, 0.15) is 11.4 Å². The predicted molar refractivity (Wildman–Crippen MR) is 72.9 cm³/mol. The molecule has 1 heterocycles. The summed E-state index contributed by atoms with van der Waals surface area (Å²) >= 11 is 0. The Kier molecular flexibility index (Phi) is 2.67. The smallest absolute Gasteiger partial charge is 0.341 e. The highest BCUT2D eigenvalue weighted by molar-refractivity contribution is 5.94. The number of hydrogen-bond donors (Lipinski definition) is 1. The van der Waals surface area contributed by atoms with E-state index < -0.39 is 17.2 Å². The van der Waals surface area contributed by atoms with E-state index in [2.05, 4.69) is 0 Å². The Labute approximate surface area is 114 Å². The summed E-state index contributed by atoms with van der Waals surface area (Å²) in [5.41, 5.74) is 0.625. The average molecular weight is 275 g/mol. The van der Waals surface area contributed by atoms with Crippen molar-refractivity contribution in [2.45, 2.75) is 32.7 Å². The number of carbonyl (C=O) groups is 1. The van der Waals surface area contributed by atoms with Crippen molar-refractivity contribution in [1.29, 1.82) is 0 Å². The monoisotopic (exact) mass is 275 g/mol. The highest BCUT2D eigenvalue weighted by atomic mass is 19.1. The van der Waals surface area contributed by atoms with Crippen LogP contribution in [-0.2, 0) is 0 Å². The van der Waals surface area contributed by atoms with Crippen LogP contribution in [0.1, 0.15) is 40.4 Å². The van der Waals surface area contributed by atoms with Gasteiger partial charge in [-0.1, -0.05) is 0 Å². The van der Waals surface area contributed by atoms with Crippen molar-refractivity contribution in [2.75, 3.05) is 0 Å². The Morgan fingerprint density at radius 1 is 1.40 bits per heavy atom. The molecule has 5 heteroatoms. The number of pyridine rings is 1. The Bertz CT molecular complexity index is 803. The zero-order chi connectivity index (χ0) is 14.6. The average Bonchev–Trinajstić information content (AvgIpc) is 3.19. The molecule has 104 valence electrons. The van der Waals surface area contributed by atoms with Crippen LogP contribution in [0.3, 0.4) is 0 Å². The zero-order valence-electron chi connectivity index (χ0n) is 11.2. The van der Waals surface area contributed by atoms with Crippen LogP contribution in [0, 0.1) is 19.7 Å². The van der Waals surface area contributed by atoms with Crippen molar-refractivity contribution in [1.82, 2.24) is 4.57 Å². The fourth-order valence-electron chi connectivity index (χ4n) is 2.66. The van der Waals surface area contributed by atoms with E-state index >= 15 is 0 Å². The summed E-state index contributed by atoms with van der Waals surface area (Å²) in [7, 11) is 0. The molecule has 3 rings (SSSR count). The molecule has 0 unspecified atom stereocenters. The minimum atomic E-state index is -1.27. The van der Waals surface area contributed by atoms with Crippen molar-refractivity contribution < 1.29 is 14.3 Å². The molecule has 1 fully saturated rings. The van der Waals surface area contributed by atoms with Crippen LogP contribution in [0.25, 0.3) is 10.9 Å². The summed E-state index contributed by atoms with van der Waals surface area (Å²) in [4.78, 5) is 23.6. The van der Waals surface area contributed by atoms with Crippen LogP contribution < -0.4 is 5.43 Å². The number of carboxylic acids is 1. The number of aryl methyl sites for hydroxylation is 2. The third-order valence-corrected chi connectivity index (χ3v) is 3.86. The number of nitrogens with zero attached hydrogens (tertiary/aromatic N) is 1. The maximum Gasteiger partial charge on any atom is 0.341 e. The lowest BCUT2D eigenvalue weighted by Crippen LogP contribution is -2.20. The van der Waals surface area contributed by atoms with E-state index in [0.717, 1.165) is 12.8 Å². The van der Waals surface area contributed by atoms with Crippen molar-refractivity contribution in [3.63, 3.8) is 0 Å². The van der Waals surface area contributed by atoms with Crippen LogP contribution in [0.2, 0.25) is 0 Å². The molecule has 1 N–H and O–H groups in total. The molecule has 20 heavy (non-hydrogen) atoms. The van der Waals surface area contributed by atoms with Gasteiger partial charge < -0.3 is 9.67 Å². The molecule has 0 radical (unpaired) electrons. The van der Waals surface area contributed by atoms with Crippen molar-refractivity contribution in [3.8, 4) is 0 Å². The summed E-state index contributed by atoms with van der Waals surface area (Å²) in [6, 6.07) is 1.61. The standard InChI is InChI=1S/C15H14FNO3/c1-7-5-11(16)8(2)12-13(7)17(9-3-4-9)6-10(14(12)18)15(19)20/h5-6,9H,3-4H2,1-2H3,(H,19,20). The van der Waals surface area contributed by atoms with E-state index in [1.807, 2.05) is 4.57 Å². The van der Waals surface area contributed by atoms with E-state index in [1.165, 1.54) is 19.2 Å². The Morgan fingerprint density at radius 2 is 2.05 bits per heavy atom. The molecule has 0 aliphatic heterocycles. The summed E-state index contributed by atoms with van der Waals surface area (Å²) in [6.45, 7) is 3.25. The number of carboxylic acid groups (broad SMARTS) is 1. The lowest BCUT2D eigenvalue weighted by molar-refractivity contribution is 0.0695. The Balaban J connectivity index is 2.55. The van der Waals surface area contributed by atoms with Crippen LogP contribution in [0.4, 0.5) is 4.39 Å². The topological polar surface area (TPSA) is 59.3 Å². The number of hydrogen-bond acceptors (Lipinski definition) is 2. The highest BCUT2D eigenvalue weighted by Crippen LogP contribution is 2.38. The molecular formula is C15H14FNO3. The number of aromatic carboxylic acids is 1. The second kappa shape index (κ2) is 4.16.